The fourth-order valence-corrected chi connectivity index (χ4v) is 3.83. The molecule has 12 heteroatoms. The van der Waals surface area contributed by atoms with Crippen LogP contribution in [0, 0.1) is 6.92 Å². The van der Waals surface area contributed by atoms with Crippen LogP contribution in [0.15, 0.2) is 16.2 Å². The number of aryl methyl sites for hydroxylation is 1. The third kappa shape index (κ3) is 2.69. The summed E-state index contributed by atoms with van der Waals surface area (Å²) in [6.45, 7) is 3.36. The molecule has 1 aliphatic rings. The van der Waals surface area contributed by atoms with E-state index in [0.29, 0.717) is 6.54 Å². The van der Waals surface area contributed by atoms with Gasteiger partial charge in [0.15, 0.2) is 0 Å². The molecule has 0 saturated carbocycles. The largest absolute Gasteiger partial charge is 0.364 e. The van der Waals surface area contributed by atoms with Gasteiger partial charge in [0.05, 0.1) is 11.9 Å². The van der Waals surface area contributed by atoms with Crippen LogP contribution in [0.4, 0.5) is 17.6 Å². The molecule has 2 rings (SSSR count). The predicted molar refractivity (Wildman–Crippen MR) is 70.7 cm³/mol. The van der Waals surface area contributed by atoms with Crippen molar-refractivity contribution in [1.82, 2.24) is 14.2 Å². The molecular formula is C11H14F4N4O3S. The SMILES string of the molecule is CCn1ncc(S(=O)(=O)N2N=C(C(F)F)C[C@@]2(O)C(F)F)c1C. The lowest BCUT2D eigenvalue weighted by Gasteiger charge is -2.30. The fourth-order valence-electron chi connectivity index (χ4n) is 2.21. The van der Waals surface area contributed by atoms with Crippen LogP contribution in [-0.2, 0) is 16.6 Å². The molecule has 0 saturated heterocycles. The summed E-state index contributed by atoms with van der Waals surface area (Å²) in [6, 6.07) is 0. The lowest BCUT2D eigenvalue weighted by molar-refractivity contribution is -0.150. The number of hydrogen-bond acceptors (Lipinski definition) is 5. The second kappa shape index (κ2) is 5.74. The van der Waals surface area contributed by atoms with Crippen molar-refractivity contribution >= 4 is 15.7 Å². The standard InChI is InChI=1S/C11H14F4N4O3S/c1-3-18-6(2)8(5-16-18)23(21,22)19-11(20,10(14)15)4-7(17-19)9(12)13/h5,9-10,20H,3-4H2,1-2H3/t11-/m1/s1. The maximum atomic E-state index is 13.1. The topological polar surface area (TPSA) is 87.8 Å². The maximum Gasteiger partial charge on any atom is 0.288 e. The second-order valence-electron chi connectivity index (χ2n) is 4.91. The fraction of sp³-hybridized carbons (Fsp3) is 0.636. The van der Waals surface area contributed by atoms with Crippen molar-refractivity contribution in [2.75, 3.05) is 0 Å². The Kier molecular flexibility index (Phi) is 4.41. The number of nitrogens with zero attached hydrogens (tertiary/aromatic N) is 4. The molecule has 23 heavy (non-hydrogen) atoms. The highest BCUT2D eigenvalue weighted by Crippen LogP contribution is 2.37. The van der Waals surface area contributed by atoms with Gasteiger partial charge in [-0.25, -0.2) is 17.6 Å². The molecule has 0 aliphatic carbocycles. The van der Waals surface area contributed by atoms with Gasteiger partial charge in [0.1, 0.15) is 10.6 Å². The molecule has 0 spiro atoms. The molecule has 0 radical (unpaired) electrons. The van der Waals surface area contributed by atoms with E-state index in [-0.39, 0.29) is 10.1 Å². The molecule has 0 unspecified atom stereocenters. The summed E-state index contributed by atoms with van der Waals surface area (Å²) in [5, 5.41) is 16.7. The Morgan fingerprint density at radius 2 is 2.00 bits per heavy atom. The molecule has 1 atom stereocenters. The molecule has 0 bridgehead atoms. The smallest absolute Gasteiger partial charge is 0.288 e. The molecular weight excluding hydrogens is 344 g/mol. The first-order valence-electron chi connectivity index (χ1n) is 6.49. The Balaban J connectivity index is 2.57. The quantitative estimate of drug-likeness (QED) is 0.801. The number of aliphatic hydroxyl groups is 1. The number of aromatic nitrogens is 2. The van der Waals surface area contributed by atoms with Crippen LogP contribution in [0.3, 0.4) is 0 Å². The van der Waals surface area contributed by atoms with Gasteiger partial charge in [-0.2, -0.15) is 18.6 Å². The third-order valence-electron chi connectivity index (χ3n) is 3.46. The van der Waals surface area contributed by atoms with Crippen molar-refractivity contribution in [3.63, 3.8) is 0 Å². The van der Waals surface area contributed by atoms with Crippen LogP contribution in [0.1, 0.15) is 19.0 Å². The first-order chi connectivity index (χ1) is 10.6. The highest BCUT2D eigenvalue weighted by atomic mass is 32.2. The van der Waals surface area contributed by atoms with Crippen molar-refractivity contribution < 1.29 is 31.1 Å². The van der Waals surface area contributed by atoms with Crippen molar-refractivity contribution in [1.29, 1.82) is 0 Å². The molecule has 0 fully saturated rings. The van der Waals surface area contributed by atoms with Gasteiger partial charge in [-0.3, -0.25) is 4.68 Å². The first kappa shape index (κ1) is 17.7. The third-order valence-corrected chi connectivity index (χ3v) is 5.27. The molecule has 2 heterocycles. The minimum atomic E-state index is -4.78. The van der Waals surface area contributed by atoms with Crippen LogP contribution in [0.5, 0.6) is 0 Å². The van der Waals surface area contributed by atoms with E-state index in [4.69, 9.17) is 0 Å². The van der Waals surface area contributed by atoms with E-state index in [1.54, 1.807) is 6.92 Å². The Labute approximate surface area is 129 Å². The van der Waals surface area contributed by atoms with Gasteiger partial charge >= 0.3 is 0 Å². The molecule has 0 amide bonds. The lowest BCUT2D eigenvalue weighted by Crippen LogP contribution is -2.51. The number of sulfonamides is 1. The molecule has 1 N–H and O–H groups in total. The van der Waals surface area contributed by atoms with Crippen molar-refractivity contribution in [3.05, 3.63) is 11.9 Å². The van der Waals surface area contributed by atoms with Gasteiger partial charge < -0.3 is 5.11 Å². The zero-order valence-corrected chi connectivity index (χ0v) is 12.9. The second-order valence-corrected chi connectivity index (χ2v) is 6.64. The highest BCUT2D eigenvalue weighted by molar-refractivity contribution is 7.89. The van der Waals surface area contributed by atoms with E-state index in [9.17, 15) is 31.1 Å². The number of alkyl halides is 4. The highest BCUT2D eigenvalue weighted by Gasteiger charge is 2.56. The number of hydrazone groups is 1. The van der Waals surface area contributed by atoms with Crippen LogP contribution >= 0.6 is 0 Å². The van der Waals surface area contributed by atoms with E-state index in [1.165, 1.54) is 11.6 Å². The van der Waals surface area contributed by atoms with E-state index < -0.39 is 45.6 Å². The zero-order valence-electron chi connectivity index (χ0n) is 12.1. The van der Waals surface area contributed by atoms with Crippen molar-refractivity contribution in [2.24, 2.45) is 5.10 Å². The number of rotatable bonds is 5. The van der Waals surface area contributed by atoms with Gasteiger partial charge in [-0.05, 0) is 13.8 Å². The average Bonchev–Trinajstić information content (AvgIpc) is 3.01. The Bertz CT molecular complexity index is 734. The van der Waals surface area contributed by atoms with Crippen LogP contribution < -0.4 is 0 Å². The minimum absolute atomic E-state index is 0.116. The summed E-state index contributed by atoms with van der Waals surface area (Å²) in [5.41, 5.74) is -4.37. The summed E-state index contributed by atoms with van der Waals surface area (Å²) in [7, 11) is -4.78. The van der Waals surface area contributed by atoms with Gasteiger partial charge in [-0.15, -0.1) is 4.41 Å². The summed E-state index contributed by atoms with van der Waals surface area (Å²) >= 11 is 0. The normalized spacial score (nSPS) is 22.3. The van der Waals surface area contributed by atoms with E-state index in [0.717, 1.165) is 6.20 Å². The van der Waals surface area contributed by atoms with Gasteiger partial charge in [0, 0.05) is 13.0 Å². The molecule has 0 aromatic carbocycles. The first-order valence-corrected chi connectivity index (χ1v) is 7.93. The van der Waals surface area contributed by atoms with Crippen LogP contribution in [0.25, 0.3) is 0 Å². The molecule has 1 aromatic heterocycles. The van der Waals surface area contributed by atoms with Crippen LogP contribution in [0.2, 0.25) is 0 Å². The number of halogens is 4. The van der Waals surface area contributed by atoms with Gasteiger partial charge in [-0.1, -0.05) is 0 Å². The monoisotopic (exact) mass is 358 g/mol. The summed E-state index contributed by atoms with van der Waals surface area (Å²) in [6.07, 6.45) is -7.27. The maximum absolute atomic E-state index is 13.1. The average molecular weight is 358 g/mol. The summed E-state index contributed by atoms with van der Waals surface area (Å²) in [5.74, 6) is 0. The Hall–Kier alpha value is -1.69. The Morgan fingerprint density at radius 1 is 1.39 bits per heavy atom. The minimum Gasteiger partial charge on any atom is -0.364 e. The molecule has 1 aliphatic heterocycles. The Morgan fingerprint density at radius 3 is 2.43 bits per heavy atom. The molecule has 7 nitrogen and oxygen atoms in total. The molecule has 1 aromatic rings. The van der Waals surface area contributed by atoms with Crippen molar-refractivity contribution in [3.8, 4) is 0 Å². The van der Waals surface area contributed by atoms with E-state index in [1.807, 2.05) is 0 Å². The number of hydrogen-bond donors (Lipinski definition) is 1. The van der Waals surface area contributed by atoms with Gasteiger partial charge in [0.2, 0.25) is 5.72 Å². The summed E-state index contributed by atoms with van der Waals surface area (Å²) < 4.78 is 77.7. The lowest BCUT2D eigenvalue weighted by atomic mass is 10.1. The van der Waals surface area contributed by atoms with Crippen LogP contribution in [-0.4, -0.2) is 52.0 Å². The van der Waals surface area contributed by atoms with E-state index >= 15 is 0 Å². The van der Waals surface area contributed by atoms with Gasteiger partial charge in [0.25, 0.3) is 22.9 Å². The van der Waals surface area contributed by atoms with E-state index in [2.05, 4.69) is 10.2 Å². The van der Waals surface area contributed by atoms with Crippen molar-refractivity contribution in [2.45, 2.75) is 50.3 Å². The summed E-state index contributed by atoms with van der Waals surface area (Å²) in [4.78, 5) is -0.488. The zero-order chi connectivity index (χ0) is 17.6. The molecule has 130 valence electrons. The predicted octanol–water partition coefficient (Wildman–Crippen LogP) is 1.18.